The van der Waals surface area contributed by atoms with Crippen LogP contribution in [0.5, 0.6) is 0 Å². The predicted molar refractivity (Wildman–Crippen MR) is 74.5 cm³/mol. The van der Waals surface area contributed by atoms with Crippen molar-refractivity contribution in [2.24, 2.45) is 0 Å². The third-order valence-electron chi connectivity index (χ3n) is 2.95. The molecule has 0 spiro atoms. The molecule has 0 amide bonds. The first kappa shape index (κ1) is 14.7. The molecule has 1 rings (SSSR count). The molecule has 0 aliphatic rings. The van der Waals surface area contributed by atoms with Crippen molar-refractivity contribution < 1.29 is 9.53 Å². The van der Waals surface area contributed by atoms with Crippen molar-refractivity contribution in [1.29, 1.82) is 0 Å². The van der Waals surface area contributed by atoms with E-state index in [1.54, 1.807) is 0 Å². The lowest BCUT2D eigenvalue weighted by Gasteiger charge is -2.05. The van der Waals surface area contributed by atoms with Gasteiger partial charge < -0.3 is 4.74 Å². The number of hydrogen-bond acceptors (Lipinski definition) is 2. The van der Waals surface area contributed by atoms with Gasteiger partial charge in [0.1, 0.15) is 0 Å². The number of unbranched alkanes of at least 4 members (excludes halogenated alkanes) is 5. The average Bonchev–Trinajstić information content (AvgIpc) is 2.39. The molecule has 0 saturated heterocycles. The van der Waals surface area contributed by atoms with Gasteiger partial charge in [0.05, 0.1) is 13.0 Å². The van der Waals surface area contributed by atoms with Crippen LogP contribution < -0.4 is 0 Å². The lowest BCUT2D eigenvalue weighted by Crippen LogP contribution is -2.08. The molecule has 0 saturated carbocycles. The lowest BCUT2D eigenvalue weighted by molar-refractivity contribution is -0.142. The Morgan fingerprint density at radius 2 is 1.67 bits per heavy atom. The number of carbonyl (C=O) groups excluding carboxylic acids is 1. The third kappa shape index (κ3) is 7.10. The highest BCUT2D eigenvalue weighted by atomic mass is 16.5. The maximum Gasteiger partial charge on any atom is 0.310 e. The van der Waals surface area contributed by atoms with E-state index in [4.69, 9.17) is 4.74 Å². The molecule has 0 bridgehead atoms. The Kier molecular flexibility index (Phi) is 7.94. The summed E-state index contributed by atoms with van der Waals surface area (Å²) in [6, 6.07) is 9.73. The molecule has 0 heterocycles. The molecular formula is C16H24O2. The van der Waals surface area contributed by atoms with E-state index in [1.807, 2.05) is 30.3 Å². The van der Waals surface area contributed by atoms with Crippen molar-refractivity contribution in [3.05, 3.63) is 35.9 Å². The third-order valence-corrected chi connectivity index (χ3v) is 2.95. The summed E-state index contributed by atoms with van der Waals surface area (Å²) in [4.78, 5) is 11.5. The van der Waals surface area contributed by atoms with E-state index in [-0.39, 0.29) is 5.97 Å². The van der Waals surface area contributed by atoms with E-state index in [0.29, 0.717) is 13.0 Å². The maximum atomic E-state index is 11.5. The van der Waals surface area contributed by atoms with Gasteiger partial charge in [0.2, 0.25) is 0 Å². The van der Waals surface area contributed by atoms with Gasteiger partial charge in [-0.3, -0.25) is 4.79 Å². The fraction of sp³-hybridized carbons (Fsp3) is 0.562. The Morgan fingerprint density at radius 3 is 2.39 bits per heavy atom. The first-order valence-electron chi connectivity index (χ1n) is 7.02. The van der Waals surface area contributed by atoms with Gasteiger partial charge in [0, 0.05) is 0 Å². The quantitative estimate of drug-likeness (QED) is 0.485. The Morgan fingerprint density at radius 1 is 1.00 bits per heavy atom. The number of benzene rings is 1. The number of esters is 1. The lowest BCUT2D eigenvalue weighted by atomic mass is 10.1. The molecule has 0 atom stereocenters. The molecule has 0 unspecified atom stereocenters. The van der Waals surface area contributed by atoms with E-state index in [0.717, 1.165) is 12.0 Å². The SMILES string of the molecule is CCCCCCCCOC(=O)Cc1ccccc1. The molecule has 0 fully saturated rings. The Labute approximate surface area is 110 Å². The van der Waals surface area contributed by atoms with E-state index in [1.165, 1.54) is 32.1 Å². The van der Waals surface area contributed by atoms with Gasteiger partial charge in [-0.1, -0.05) is 69.4 Å². The number of hydrogen-bond donors (Lipinski definition) is 0. The minimum absolute atomic E-state index is 0.116. The van der Waals surface area contributed by atoms with Crippen LogP contribution in [0.15, 0.2) is 30.3 Å². The van der Waals surface area contributed by atoms with Gasteiger partial charge in [-0.2, -0.15) is 0 Å². The number of rotatable bonds is 9. The molecule has 0 N–H and O–H groups in total. The smallest absolute Gasteiger partial charge is 0.310 e. The van der Waals surface area contributed by atoms with Gasteiger partial charge in [-0.15, -0.1) is 0 Å². The van der Waals surface area contributed by atoms with Gasteiger partial charge >= 0.3 is 5.97 Å². The van der Waals surface area contributed by atoms with Crippen molar-refractivity contribution in [3.8, 4) is 0 Å². The van der Waals surface area contributed by atoms with Crippen LogP contribution in [0.4, 0.5) is 0 Å². The van der Waals surface area contributed by atoms with E-state index >= 15 is 0 Å². The Hall–Kier alpha value is -1.31. The largest absolute Gasteiger partial charge is 0.465 e. The van der Waals surface area contributed by atoms with Crippen LogP contribution in [-0.2, 0) is 16.0 Å². The summed E-state index contributed by atoms with van der Waals surface area (Å²) in [7, 11) is 0. The second-order valence-corrected chi connectivity index (χ2v) is 4.65. The minimum Gasteiger partial charge on any atom is -0.465 e. The molecule has 100 valence electrons. The molecular weight excluding hydrogens is 224 g/mol. The molecule has 1 aromatic carbocycles. The summed E-state index contributed by atoms with van der Waals surface area (Å²) in [5.41, 5.74) is 1.02. The molecule has 1 aromatic rings. The number of ether oxygens (including phenoxy) is 1. The fourth-order valence-corrected chi connectivity index (χ4v) is 1.88. The summed E-state index contributed by atoms with van der Waals surface area (Å²) >= 11 is 0. The summed E-state index contributed by atoms with van der Waals surface area (Å²) in [6.45, 7) is 2.78. The summed E-state index contributed by atoms with van der Waals surface area (Å²) in [5.74, 6) is -0.116. The van der Waals surface area contributed by atoms with Crippen molar-refractivity contribution in [2.75, 3.05) is 6.61 Å². The zero-order valence-corrected chi connectivity index (χ0v) is 11.4. The van der Waals surface area contributed by atoms with Crippen LogP contribution in [0.2, 0.25) is 0 Å². The van der Waals surface area contributed by atoms with Crippen molar-refractivity contribution in [1.82, 2.24) is 0 Å². The van der Waals surface area contributed by atoms with Crippen molar-refractivity contribution in [2.45, 2.75) is 51.9 Å². The minimum atomic E-state index is -0.116. The van der Waals surface area contributed by atoms with Gasteiger partial charge in [-0.25, -0.2) is 0 Å². The monoisotopic (exact) mass is 248 g/mol. The predicted octanol–water partition coefficient (Wildman–Crippen LogP) is 4.13. The van der Waals surface area contributed by atoms with Crippen molar-refractivity contribution in [3.63, 3.8) is 0 Å². The van der Waals surface area contributed by atoms with Crippen LogP contribution in [0.1, 0.15) is 51.0 Å². The second-order valence-electron chi connectivity index (χ2n) is 4.65. The van der Waals surface area contributed by atoms with Crippen LogP contribution in [0.3, 0.4) is 0 Å². The van der Waals surface area contributed by atoms with Gasteiger partial charge in [0.25, 0.3) is 0 Å². The average molecular weight is 248 g/mol. The zero-order chi connectivity index (χ0) is 13.1. The molecule has 0 aromatic heterocycles. The van der Waals surface area contributed by atoms with Gasteiger partial charge in [0.15, 0.2) is 0 Å². The zero-order valence-electron chi connectivity index (χ0n) is 11.4. The topological polar surface area (TPSA) is 26.3 Å². The molecule has 18 heavy (non-hydrogen) atoms. The highest BCUT2D eigenvalue weighted by Gasteiger charge is 2.03. The van der Waals surface area contributed by atoms with Crippen LogP contribution in [-0.4, -0.2) is 12.6 Å². The molecule has 0 aliphatic carbocycles. The highest BCUT2D eigenvalue weighted by molar-refractivity contribution is 5.72. The van der Waals surface area contributed by atoms with Gasteiger partial charge in [-0.05, 0) is 12.0 Å². The summed E-state index contributed by atoms with van der Waals surface area (Å²) in [6.07, 6.45) is 7.68. The Bertz CT molecular complexity index is 319. The maximum absolute atomic E-state index is 11.5. The highest BCUT2D eigenvalue weighted by Crippen LogP contribution is 2.06. The number of carbonyl (C=O) groups is 1. The summed E-state index contributed by atoms with van der Waals surface area (Å²) in [5, 5.41) is 0. The first-order chi connectivity index (χ1) is 8.83. The molecule has 2 heteroatoms. The van der Waals surface area contributed by atoms with E-state index in [2.05, 4.69) is 6.92 Å². The molecule has 0 radical (unpaired) electrons. The Balaban J connectivity index is 2.00. The van der Waals surface area contributed by atoms with Crippen LogP contribution in [0, 0.1) is 0 Å². The normalized spacial score (nSPS) is 10.3. The van der Waals surface area contributed by atoms with Crippen molar-refractivity contribution >= 4 is 5.97 Å². The first-order valence-corrected chi connectivity index (χ1v) is 7.02. The second kappa shape index (κ2) is 9.69. The van der Waals surface area contributed by atoms with E-state index in [9.17, 15) is 4.79 Å². The van der Waals surface area contributed by atoms with Crippen LogP contribution >= 0.6 is 0 Å². The van der Waals surface area contributed by atoms with Crippen LogP contribution in [0.25, 0.3) is 0 Å². The molecule has 2 nitrogen and oxygen atoms in total. The molecule has 0 aliphatic heterocycles. The summed E-state index contributed by atoms with van der Waals surface area (Å²) < 4.78 is 5.21. The van der Waals surface area contributed by atoms with E-state index < -0.39 is 0 Å². The fourth-order valence-electron chi connectivity index (χ4n) is 1.88. The standard InChI is InChI=1S/C16H24O2/c1-2-3-4-5-6-10-13-18-16(17)14-15-11-8-7-9-12-15/h7-9,11-12H,2-6,10,13-14H2,1H3.